The second kappa shape index (κ2) is 5.46. The van der Waals surface area contributed by atoms with E-state index >= 15 is 0 Å². The summed E-state index contributed by atoms with van der Waals surface area (Å²) in [6.45, 7) is 2.00. The van der Waals surface area contributed by atoms with Gasteiger partial charge in [-0.15, -0.1) is 11.3 Å². The third-order valence-corrected chi connectivity index (χ3v) is 3.62. The fraction of sp³-hybridized carbons (Fsp3) is 0.0714. The first-order valence-corrected chi connectivity index (χ1v) is 6.49. The van der Waals surface area contributed by atoms with E-state index in [9.17, 15) is 9.18 Å². The van der Waals surface area contributed by atoms with E-state index < -0.39 is 5.82 Å². The molecule has 0 saturated carbocycles. The maximum Gasteiger partial charge on any atom is 0.185 e. The molecule has 2 rings (SSSR count). The normalized spacial score (nSPS) is 11.1. The summed E-state index contributed by atoms with van der Waals surface area (Å²) in [7, 11) is 0. The summed E-state index contributed by atoms with van der Waals surface area (Å²) in [5, 5.41) is -0.0405. The van der Waals surface area contributed by atoms with Crippen LogP contribution in [0.1, 0.15) is 20.1 Å². The highest BCUT2D eigenvalue weighted by Gasteiger charge is 2.06. The Morgan fingerprint density at radius 1 is 1.33 bits per heavy atom. The fourth-order valence-corrected chi connectivity index (χ4v) is 2.41. The molecule has 0 N–H and O–H groups in total. The first-order valence-electron chi connectivity index (χ1n) is 5.30. The minimum absolute atomic E-state index is 0.0405. The fourth-order valence-electron chi connectivity index (χ4n) is 1.45. The van der Waals surface area contributed by atoms with Gasteiger partial charge in [0.2, 0.25) is 0 Å². The number of aryl methyl sites for hydroxylation is 1. The van der Waals surface area contributed by atoms with Crippen molar-refractivity contribution >= 4 is 34.8 Å². The molecule has 0 atom stereocenters. The lowest BCUT2D eigenvalue weighted by atomic mass is 10.1. The Kier molecular flexibility index (Phi) is 3.94. The van der Waals surface area contributed by atoms with E-state index in [0.29, 0.717) is 5.56 Å². The molecule has 0 saturated heterocycles. The molecule has 0 radical (unpaired) electrons. The van der Waals surface area contributed by atoms with Crippen molar-refractivity contribution in [2.75, 3.05) is 0 Å². The average Bonchev–Trinajstić information content (AvgIpc) is 2.75. The van der Waals surface area contributed by atoms with E-state index in [1.807, 2.05) is 19.1 Å². The van der Waals surface area contributed by atoms with E-state index in [2.05, 4.69) is 0 Å². The van der Waals surface area contributed by atoms with Gasteiger partial charge in [0, 0.05) is 15.3 Å². The molecule has 0 spiro atoms. The molecule has 0 bridgehead atoms. The molecule has 0 aliphatic rings. The number of hydrogen-bond acceptors (Lipinski definition) is 2. The number of allylic oxidation sites excluding steroid dienone is 1. The molecule has 4 heteroatoms. The highest BCUT2D eigenvalue weighted by Crippen LogP contribution is 2.19. The average molecular weight is 281 g/mol. The van der Waals surface area contributed by atoms with Crippen LogP contribution in [0.3, 0.4) is 0 Å². The molecule has 2 aromatic rings. The topological polar surface area (TPSA) is 17.1 Å². The van der Waals surface area contributed by atoms with Gasteiger partial charge < -0.3 is 0 Å². The second-order valence-corrected chi connectivity index (χ2v) is 5.50. The van der Waals surface area contributed by atoms with E-state index in [4.69, 9.17) is 11.6 Å². The Morgan fingerprint density at radius 2 is 2.11 bits per heavy atom. The summed E-state index contributed by atoms with van der Waals surface area (Å²) < 4.78 is 13.0. The van der Waals surface area contributed by atoms with E-state index in [0.717, 1.165) is 4.88 Å². The first kappa shape index (κ1) is 13.0. The molecule has 0 aliphatic heterocycles. The van der Waals surface area contributed by atoms with Crippen molar-refractivity contribution in [1.82, 2.24) is 0 Å². The zero-order valence-electron chi connectivity index (χ0n) is 9.61. The highest BCUT2D eigenvalue weighted by atomic mass is 35.5. The van der Waals surface area contributed by atoms with E-state index in [1.54, 1.807) is 17.4 Å². The van der Waals surface area contributed by atoms with Crippen molar-refractivity contribution in [3.63, 3.8) is 0 Å². The smallest absolute Gasteiger partial charge is 0.185 e. The first-order chi connectivity index (χ1) is 8.56. The lowest BCUT2D eigenvalue weighted by molar-refractivity contribution is 0.104. The Morgan fingerprint density at radius 3 is 2.72 bits per heavy atom. The molecule has 1 aromatic carbocycles. The highest BCUT2D eigenvalue weighted by molar-refractivity contribution is 7.12. The number of ketones is 1. The van der Waals surface area contributed by atoms with Gasteiger partial charge in [-0.25, -0.2) is 4.39 Å². The largest absolute Gasteiger partial charge is 0.289 e. The molecule has 0 unspecified atom stereocenters. The Labute approximate surface area is 114 Å². The molecular weight excluding hydrogens is 271 g/mol. The van der Waals surface area contributed by atoms with Crippen molar-refractivity contribution in [1.29, 1.82) is 0 Å². The van der Waals surface area contributed by atoms with Crippen LogP contribution in [0.15, 0.2) is 36.4 Å². The van der Waals surface area contributed by atoms with Crippen LogP contribution in [-0.2, 0) is 0 Å². The van der Waals surface area contributed by atoms with Gasteiger partial charge in [0.25, 0.3) is 0 Å². The van der Waals surface area contributed by atoms with Crippen molar-refractivity contribution in [3.8, 4) is 0 Å². The summed E-state index contributed by atoms with van der Waals surface area (Å²) in [4.78, 5) is 14.0. The Balaban J connectivity index is 2.16. The van der Waals surface area contributed by atoms with E-state index in [-0.39, 0.29) is 10.8 Å². The van der Waals surface area contributed by atoms with Gasteiger partial charge in [0.1, 0.15) is 5.82 Å². The van der Waals surface area contributed by atoms with Crippen LogP contribution >= 0.6 is 22.9 Å². The number of carbonyl (C=O) groups is 1. The summed E-state index contributed by atoms with van der Waals surface area (Å²) in [5.41, 5.74) is 0.380. The van der Waals surface area contributed by atoms with Crippen molar-refractivity contribution in [3.05, 3.63) is 62.6 Å². The number of benzene rings is 1. The molecule has 18 heavy (non-hydrogen) atoms. The van der Waals surface area contributed by atoms with E-state index in [1.165, 1.54) is 29.2 Å². The number of halogens is 2. The van der Waals surface area contributed by atoms with Crippen LogP contribution in [0.5, 0.6) is 0 Å². The van der Waals surface area contributed by atoms with Crippen LogP contribution in [0.2, 0.25) is 5.02 Å². The van der Waals surface area contributed by atoms with Crippen LogP contribution in [0, 0.1) is 12.7 Å². The van der Waals surface area contributed by atoms with Gasteiger partial charge in [-0.3, -0.25) is 4.79 Å². The van der Waals surface area contributed by atoms with Crippen LogP contribution in [0.4, 0.5) is 4.39 Å². The molecular formula is C14H10ClFOS. The number of rotatable bonds is 3. The predicted molar refractivity (Wildman–Crippen MR) is 73.8 cm³/mol. The van der Waals surface area contributed by atoms with Crippen molar-refractivity contribution in [2.24, 2.45) is 0 Å². The second-order valence-electron chi connectivity index (χ2n) is 3.77. The maximum atomic E-state index is 13.0. The SMILES string of the molecule is Cc1ccc(/C=C/C(=O)c2ccc(F)c(Cl)c2)s1. The number of thiophene rings is 1. The minimum Gasteiger partial charge on any atom is -0.289 e. The van der Waals surface area contributed by atoms with Crippen LogP contribution < -0.4 is 0 Å². The van der Waals surface area contributed by atoms with Gasteiger partial charge in [-0.1, -0.05) is 11.6 Å². The monoisotopic (exact) mass is 280 g/mol. The standard InChI is InChI=1S/C14H10ClFOS/c1-9-2-4-11(18-9)5-7-14(17)10-3-6-13(16)12(15)8-10/h2-8H,1H3/b7-5+. The van der Waals surface area contributed by atoms with Crippen molar-refractivity contribution in [2.45, 2.75) is 6.92 Å². The molecule has 1 nitrogen and oxygen atoms in total. The molecule has 1 aromatic heterocycles. The molecule has 92 valence electrons. The lowest BCUT2D eigenvalue weighted by Crippen LogP contribution is -1.94. The summed E-state index contributed by atoms with van der Waals surface area (Å²) in [6, 6.07) is 7.89. The van der Waals surface area contributed by atoms with Crippen molar-refractivity contribution < 1.29 is 9.18 Å². The molecule has 0 fully saturated rings. The van der Waals surface area contributed by atoms with Crippen LogP contribution in [-0.4, -0.2) is 5.78 Å². The number of carbonyl (C=O) groups excluding carboxylic acids is 1. The maximum absolute atomic E-state index is 13.0. The quantitative estimate of drug-likeness (QED) is 0.586. The minimum atomic E-state index is -0.522. The third-order valence-electron chi connectivity index (χ3n) is 2.36. The van der Waals surface area contributed by atoms with Gasteiger partial charge >= 0.3 is 0 Å². The van der Waals surface area contributed by atoms with Gasteiger partial charge in [0.05, 0.1) is 5.02 Å². The zero-order chi connectivity index (χ0) is 13.1. The van der Waals surface area contributed by atoms with Crippen LogP contribution in [0.25, 0.3) is 6.08 Å². The zero-order valence-corrected chi connectivity index (χ0v) is 11.2. The van der Waals surface area contributed by atoms with Gasteiger partial charge in [0.15, 0.2) is 5.78 Å². The summed E-state index contributed by atoms with van der Waals surface area (Å²) in [5.74, 6) is -0.714. The number of hydrogen-bond donors (Lipinski definition) is 0. The Bertz CT molecular complexity index is 616. The molecule has 0 amide bonds. The third kappa shape index (κ3) is 3.06. The molecule has 1 heterocycles. The predicted octanol–water partition coefficient (Wildman–Crippen LogP) is 4.75. The lowest BCUT2D eigenvalue weighted by Gasteiger charge is -1.97. The molecule has 0 aliphatic carbocycles. The van der Waals surface area contributed by atoms with Gasteiger partial charge in [-0.2, -0.15) is 0 Å². The summed E-state index contributed by atoms with van der Waals surface area (Å²) >= 11 is 7.23. The Hall–Kier alpha value is -1.45. The summed E-state index contributed by atoms with van der Waals surface area (Å²) in [6.07, 6.45) is 3.21. The van der Waals surface area contributed by atoms with Gasteiger partial charge in [-0.05, 0) is 49.4 Å².